The summed E-state index contributed by atoms with van der Waals surface area (Å²) in [4.78, 5) is 28.1. The minimum absolute atomic E-state index is 0.00822. The molecule has 1 heterocycles. The zero-order chi connectivity index (χ0) is 19.5. The number of carbonyl (C=O) groups is 2. The van der Waals surface area contributed by atoms with Gasteiger partial charge < -0.3 is 19.3 Å². The summed E-state index contributed by atoms with van der Waals surface area (Å²) in [5, 5.41) is 0. The molecule has 26 heavy (non-hydrogen) atoms. The quantitative estimate of drug-likeness (QED) is 0.808. The summed E-state index contributed by atoms with van der Waals surface area (Å²) in [6.07, 6.45) is 1.12. The van der Waals surface area contributed by atoms with Crippen LogP contribution in [-0.2, 0) is 22.6 Å². The van der Waals surface area contributed by atoms with E-state index in [9.17, 15) is 9.59 Å². The first-order chi connectivity index (χ1) is 12.2. The van der Waals surface area contributed by atoms with Gasteiger partial charge in [0.2, 0.25) is 11.8 Å². The molecule has 0 bridgehead atoms. The molecule has 2 rings (SSSR count). The molecule has 0 fully saturated rings. The van der Waals surface area contributed by atoms with E-state index < -0.39 is 0 Å². The standard InChI is InChI=1S/C20H30N2O4/c1-14(23)22(20(2,3)4)10-8-19(24)21-9-7-15-11-17(25-5)18(26-6)12-16(15)13-21/h11-12H,7-10,13H2,1-6H3. The number of benzene rings is 1. The number of amides is 2. The summed E-state index contributed by atoms with van der Waals surface area (Å²) >= 11 is 0. The van der Waals surface area contributed by atoms with Gasteiger partial charge in [-0.2, -0.15) is 0 Å². The lowest BCUT2D eigenvalue weighted by Gasteiger charge is -2.36. The van der Waals surface area contributed by atoms with Crippen LogP contribution in [0.4, 0.5) is 0 Å². The van der Waals surface area contributed by atoms with Crippen molar-refractivity contribution in [2.24, 2.45) is 0 Å². The molecule has 0 radical (unpaired) electrons. The van der Waals surface area contributed by atoms with Gasteiger partial charge in [0.05, 0.1) is 14.2 Å². The Bertz CT molecular complexity index is 679. The Morgan fingerprint density at radius 2 is 1.69 bits per heavy atom. The predicted molar refractivity (Wildman–Crippen MR) is 100 cm³/mol. The normalized spacial score (nSPS) is 13.8. The summed E-state index contributed by atoms with van der Waals surface area (Å²) < 4.78 is 10.7. The Kier molecular flexibility index (Phi) is 6.16. The van der Waals surface area contributed by atoms with Crippen molar-refractivity contribution in [2.75, 3.05) is 27.3 Å². The summed E-state index contributed by atoms with van der Waals surface area (Å²) in [5.41, 5.74) is 1.98. The molecule has 6 nitrogen and oxygen atoms in total. The largest absolute Gasteiger partial charge is 0.493 e. The monoisotopic (exact) mass is 362 g/mol. The van der Waals surface area contributed by atoms with Gasteiger partial charge in [-0.05, 0) is 50.5 Å². The molecule has 1 aliphatic rings. The third-order valence-electron chi connectivity index (χ3n) is 4.81. The van der Waals surface area contributed by atoms with Gasteiger partial charge in [0.1, 0.15) is 0 Å². The summed E-state index contributed by atoms with van der Waals surface area (Å²) in [5.74, 6) is 1.45. The molecule has 0 unspecified atom stereocenters. The first-order valence-corrected chi connectivity index (χ1v) is 8.97. The second kappa shape index (κ2) is 7.98. The van der Waals surface area contributed by atoms with Gasteiger partial charge >= 0.3 is 0 Å². The highest BCUT2D eigenvalue weighted by atomic mass is 16.5. The summed E-state index contributed by atoms with van der Waals surface area (Å²) in [6, 6.07) is 3.94. The number of hydrogen-bond donors (Lipinski definition) is 0. The molecule has 0 saturated carbocycles. The highest BCUT2D eigenvalue weighted by Gasteiger charge is 2.27. The Labute approximate surface area is 156 Å². The van der Waals surface area contributed by atoms with Crippen molar-refractivity contribution < 1.29 is 19.1 Å². The van der Waals surface area contributed by atoms with Gasteiger partial charge in [-0.15, -0.1) is 0 Å². The summed E-state index contributed by atoms with van der Waals surface area (Å²) in [7, 11) is 3.23. The van der Waals surface area contributed by atoms with E-state index in [-0.39, 0.29) is 17.4 Å². The lowest BCUT2D eigenvalue weighted by Crippen LogP contribution is -2.46. The Balaban J connectivity index is 2.06. The molecule has 0 N–H and O–H groups in total. The average molecular weight is 362 g/mol. The van der Waals surface area contributed by atoms with E-state index in [1.165, 1.54) is 5.56 Å². The van der Waals surface area contributed by atoms with Crippen LogP contribution in [0.2, 0.25) is 0 Å². The second-order valence-electron chi connectivity index (χ2n) is 7.63. The number of hydrogen-bond acceptors (Lipinski definition) is 4. The zero-order valence-corrected chi connectivity index (χ0v) is 16.7. The van der Waals surface area contributed by atoms with Crippen LogP contribution < -0.4 is 9.47 Å². The third-order valence-corrected chi connectivity index (χ3v) is 4.81. The van der Waals surface area contributed by atoms with E-state index in [2.05, 4.69) is 0 Å². The number of methoxy groups -OCH3 is 2. The van der Waals surface area contributed by atoms with Crippen LogP contribution >= 0.6 is 0 Å². The van der Waals surface area contributed by atoms with Crippen molar-refractivity contribution in [2.45, 2.75) is 52.6 Å². The fourth-order valence-corrected chi connectivity index (χ4v) is 3.43. The minimum Gasteiger partial charge on any atom is -0.493 e. The fraction of sp³-hybridized carbons (Fsp3) is 0.600. The maximum atomic E-state index is 12.7. The molecule has 1 aromatic carbocycles. The van der Waals surface area contributed by atoms with E-state index in [4.69, 9.17) is 9.47 Å². The maximum absolute atomic E-state index is 12.7. The van der Waals surface area contributed by atoms with Crippen molar-refractivity contribution in [1.82, 2.24) is 9.80 Å². The summed E-state index contributed by atoms with van der Waals surface area (Å²) in [6.45, 7) is 9.17. The van der Waals surface area contributed by atoms with Gasteiger partial charge in [0.15, 0.2) is 11.5 Å². The van der Waals surface area contributed by atoms with Crippen LogP contribution in [0.3, 0.4) is 0 Å². The molecular formula is C20H30N2O4. The van der Waals surface area contributed by atoms with Gasteiger partial charge in [-0.1, -0.05) is 0 Å². The van der Waals surface area contributed by atoms with E-state index in [1.807, 2.05) is 37.8 Å². The molecule has 1 aromatic rings. The Hall–Kier alpha value is -2.24. The molecule has 2 amide bonds. The topological polar surface area (TPSA) is 59.1 Å². The smallest absolute Gasteiger partial charge is 0.224 e. The fourth-order valence-electron chi connectivity index (χ4n) is 3.43. The third kappa shape index (κ3) is 4.48. The van der Waals surface area contributed by atoms with Crippen LogP contribution in [-0.4, -0.2) is 54.5 Å². The zero-order valence-electron chi connectivity index (χ0n) is 16.7. The van der Waals surface area contributed by atoms with E-state index in [0.29, 0.717) is 37.6 Å². The van der Waals surface area contributed by atoms with E-state index >= 15 is 0 Å². The van der Waals surface area contributed by atoms with E-state index in [1.54, 1.807) is 26.0 Å². The molecule has 1 aliphatic heterocycles. The Morgan fingerprint density at radius 3 is 2.19 bits per heavy atom. The average Bonchev–Trinajstić information content (AvgIpc) is 2.58. The molecule has 0 saturated heterocycles. The van der Waals surface area contributed by atoms with Crippen LogP contribution in [0, 0.1) is 0 Å². The van der Waals surface area contributed by atoms with Crippen molar-refractivity contribution >= 4 is 11.8 Å². The number of carbonyl (C=O) groups excluding carboxylic acids is 2. The molecule has 0 spiro atoms. The number of rotatable bonds is 5. The highest BCUT2D eigenvalue weighted by molar-refractivity contribution is 5.78. The van der Waals surface area contributed by atoms with E-state index in [0.717, 1.165) is 12.0 Å². The maximum Gasteiger partial charge on any atom is 0.224 e. The second-order valence-corrected chi connectivity index (χ2v) is 7.63. The van der Waals surface area contributed by atoms with Crippen LogP contribution in [0.15, 0.2) is 12.1 Å². The van der Waals surface area contributed by atoms with Crippen LogP contribution in [0.25, 0.3) is 0 Å². The molecule has 144 valence electrons. The molecule has 0 aromatic heterocycles. The molecule has 0 atom stereocenters. The molecular weight excluding hydrogens is 332 g/mol. The predicted octanol–water partition coefficient (Wildman–Crippen LogP) is 2.63. The number of fused-ring (bicyclic) bond motifs is 1. The minimum atomic E-state index is -0.287. The van der Waals surface area contributed by atoms with Crippen LogP contribution in [0.1, 0.15) is 45.2 Å². The van der Waals surface area contributed by atoms with Gasteiger partial charge in [-0.25, -0.2) is 0 Å². The van der Waals surface area contributed by atoms with Gasteiger partial charge in [0, 0.05) is 38.5 Å². The van der Waals surface area contributed by atoms with Gasteiger partial charge in [-0.3, -0.25) is 9.59 Å². The molecule has 6 heteroatoms. The van der Waals surface area contributed by atoms with Crippen molar-refractivity contribution in [3.63, 3.8) is 0 Å². The van der Waals surface area contributed by atoms with Crippen molar-refractivity contribution in [3.8, 4) is 11.5 Å². The lowest BCUT2D eigenvalue weighted by atomic mass is 9.98. The first kappa shape index (κ1) is 20.1. The lowest BCUT2D eigenvalue weighted by molar-refractivity contribution is -0.136. The van der Waals surface area contributed by atoms with Crippen molar-refractivity contribution in [1.29, 1.82) is 0 Å². The Morgan fingerprint density at radius 1 is 1.12 bits per heavy atom. The number of ether oxygens (including phenoxy) is 2. The first-order valence-electron chi connectivity index (χ1n) is 8.97. The number of nitrogens with zero attached hydrogens (tertiary/aromatic N) is 2. The van der Waals surface area contributed by atoms with Crippen LogP contribution in [0.5, 0.6) is 11.5 Å². The van der Waals surface area contributed by atoms with Gasteiger partial charge in [0.25, 0.3) is 0 Å². The highest BCUT2D eigenvalue weighted by Crippen LogP contribution is 2.33. The SMILES string of the molecule is COc1cc2c(cc1OC)CN(C(=O)CCN(C(C)=O)C(C)(C)C)CC2. The van der Waals surface area contributed by atoms with Crippen molar-refractivity contribution in [3.05, 3.63) is 23.3 Å². The molecule has 0 aliphatic carbocycles.